The van der Waals surface area contributed by atoms with Crippen molar-refractivity contribution in [1.82, 2.24) is 20.1 Å². The highest BCUT2D eigenvalue weighted by atomic mass is 16.2. The zero-order chi connectivity index (χ0) is 15.7. The third-order valence-corrected chi connectivity index (χ3v) is 3.69. The van der Waals surface area contributed by atoms with E-state index in [1.807, 2.05) is 27.7 Å². The van der Waals surface area contributed by atoms with E-state index in [0.29, 0.717) is 0 Å². The van der Waals surface area contributed by atoms with Crippen LogP contribution in [-0.4, -0.2) is 20.7 Å². The van der Waals surface area contributed by atoms with Crippen LogP contribution in [0.4, 0.5) is 0 Å². The first-order chi connectivity index (χ1) is 9.81. The van der Waals surface area contributed by atoms with Crippen LogP contribution in [0.3, 0.4) is 0 Å². The van der Waals surface area contributed by atoms with Gasteiger partial charge < -0.3 is 9.88 Å². The second-order valence-corrected chi connectivity index (χ2v) is 5.35. The molecule has 0 bridgehead atoms. The van der Waals surface area contributed by atoms with Crippen LogP contribution in [0.15, 0.2) is 17.1 Å². The van der Waals surface area contributed by atoms with Gasteiger partial charge in [0, 0.05) is 36.3 Å². The monoisotopic (exact) mass is 288 g/mol. The van der Waals surface area contributed by atoms with E-state index >= 15 is 0 Å². The van der Waals surface area contributed by atoms with Crippen LogP contribution in [-0.2, 0) is 7.05 Å². The molecule has 112 valence electrons. The largest absolute Gasteiger partial charge is 0.354 e. The minimum absolute atomic E-state index is 0.147. The van der Waals surface area contributed by atoms with E-state index in [1.165, 1.54) is 6.07 Å². The summed E-state index contributed by atoms with van der Waals surface area (Å²) in [6.45, 7) is 7.49. The van der Waals surface area contributed by atoms with Crippen LogP contribution in [0.1, 0.15) is 46.0 Å². The van der Waals surface area contributed by atoms with Gasteiger partial charge in [-0.2, -0.15) is 5.10 Å². The molecule has 0 saturated carbocycles. The summed E-state index contributed by atoms with van der Waals surface area (Å²) in [6, 6.07) is 1.25. The smallest absolute Gasteiger partial charge is 0.257 e. The van der Waals surface area contributed by atoms with Gasteiger partial charge in [-0.25, -0.2) is 0 Å². The molecule has 1 amide bonds. The van der Waals surface area contributed by atoms with Crippen molar-refractivity contribution in [2.75, 3.05) is 0 Å². The van der Waals surface area contributed by atoms with E-state index in [0.717, 1.165) is 22.6 Å². The highest BCUT2D eigenvalue weighted by molar-refractivity contribution is 5.94. The van der Waals surface area contributed by atoms with E-state index in [1.54, 1.807) is 17.8 Å². The Kier molecular flexibility index (Phi) is 3.97. The van der Waals surface area contributed by atoms with Gasteiger partial charge in [-0.05, 0) is 27.7 Å². The van der Waals surface area contributed by atoms with Gasteiger partial charge in [-0.15, -0.1) is 0 Å². The van der Waals surface area contributed by atoms with Gasteiger partial charge in [0.15, 0.2) is 5.43 Å². The van der Waals surface area contributed by atoms with Crippen LogP contribution in [0.25, 0.3) is 0 Å². The highest BCUT2D eigenvalue weighted by Crippen LogP contribution is 2.19. The molecule has 2 N–H and O–H groups in total. The lowest BCUT2D eigenvalue weighted by molar-refractivity contribution is 0.0938. The van der Waals surface area contributed by atoms with E-state index in [2.05, 4.69) is 15.5 Å². The van der Waals surface area contributed by atoms with Gasteiger partial charge >= 0.3 is 0 Å². The first-order valence-electron chi connectivity index (χ1n) is 6.81. The van der Waals surface area contributed by atoms with E-state index < -0.39 is 0 Å². The number of hydrogen-bond acceptors (Lipinski definition) is 3. The van der Waals surface area contributed by atoms with Gasteiger partial charge in [0.2, 0.25) is 0 Å². The lowest BCUT2D eigenvalue weighted by Gasteiger charge is -2.15. The summed E-state index contributed by atoms with van der Waals surface area (Å²) in [5.41, 5.74) is 3.40. The number of pyridine rings is 1. The van der Waals surface area contributed by atoms with E-state index in [4.69, 9.17) is 0 Å². The van der Waals surface area contributed by atoms with Crippen molar-refractivity contribution in [3.05, 3.63) is 50.7 Å². The Balaban J connectivity index is 2.27. The predicted octanol–water partition coefficient (Wildman–Crippen LogP) is 1.52. The zero-order valence-corrected chi connectivity index (χ0v) is 12.9. The maximum atomic E-state index is 12.3. The van der Waals surface area contributed by atoms with E-state index in [9.17, 15) is 9.59 Å². The Morgan fingerprint density at radius 3 is 2.62 bits per heavy atom. The quantitative estimate of drug-likeness (QED) is 0.898. The number of carbonyl (C=O) groups is 1. The first-order valence-corrected chi connectivity index (χ1v) is 6.81. The zero-order valence-electron chi connectivity index (χ0n) is 12.9. The molecule has 0 aliphatic carbocycles. The third kappa shape index (κ3) is 2.89. The number of aromatic amines is 1. The van der Waals surface area contributed by atoms with Crippen LogP contribution in [0.5, 0.6) is 0 Å². The number of H-pyrrole nitrogens is 1. The second kappa shape index (κ2) is 5.55. The van der Waals surface area contributed by atoms with Crippen molar-refractivity contribution in [3.8, 4) is 0 Å². The van der Waals surface area contributed by atoms with Crippen molar-refractivity contribution < 1.29 is 4.79 Å². The Bertz CT molecular complexity index is 723. The number of carbonyl (C=O) groups excluding carboxylic acids is 1. The predicted molar refractivity (Wildman–Crippen MR) is 80.4 cm³/mol. The number of nitrogens with one attached hydrogen (secondary N) is 2. The Morgan fingerprint density at radius 2 is 2.05 bits per heavy atom. The number of rotatable bonds is 3. The SMILES string of the molecule is Cc1n[nH]c(C)c1[C@@H](C)NC(=O)c1cn(C)c(C)cc1=O. The molecule has 0 radical (unpaired) electrons. The number of amides is 1. The second-order valence-electron chi connectivity index (χ2n) is 5.35. The molecule has 0 aliphatic heterocycles. The molecule has 1 atom stereocenters. The van der Waals surface area contributed by atoms with Crippen LogP contribution < -0.4 is 10.7 Å². The Morgan fingerprint density at radius 1 is 1.38 bits per heavy atom. The molecule has 2 aromatic heterocycles. The van der Waals surface area contributed by atoms with Gasteiger partial charge in [-0.3, -0.25) is 14.7 Å². The molecule has 0 unspecified atom stereocenters. The fourth-order valence-corrected chi connectivity index (χ4v) is 2.44. The molecule has 2 aromatic rings. The van der Waals surface area contributed by atoms with Crippen molar-refractivity contribution in [1.29, 1.82) is 0 Å². The molecule has 21 heavy (non-hydrogen) atoms. The molecule has 0 saturated heterocycles. The minimum Gasteiger partial charge on any atom is -0.354 e. The maximum absolute atomic E-state index is 12.3. The minimum atomic E-state index is -0.372. The molecule has 2 heterocycles. The topological polar surface area (TPSA) is 79.8 Å². The highest BCUT2D eigenvalue weighted by Gasteiger charge is 2.19. The van der Waals surface area contributed by atoms with Gasteiger partial charge in [0.05, 0.1) is 11.7 Å². The lowest BCUT2D eigenvalue weighted by atomic mass is 10.1. The number of aryl methyl sites for hydroxylation is 4. The molecular weight excluding hydrogens is 268 g/mol. The normalized spacial score (nSPS) is 12.2. The maximum Gasteiger partial charge on any atom is 0.257 e. The number of hydrogen-bond donors (Lipinski definition) is 2. The van der Waals surface area contributed by atoms with Gasteiger partial charge in [0.25, 0.3) is 5.91 Å². The summed E-state index contributed by atoms with van der Waals surface area (Å²) in [5.74, 6) is -0.372. The molecular formula is C15H20N4O2. The van der Waals surface area contributed by atoms with E-state index in [-0.39, 0.29) is 22.9 Å². The van der Waals surface area contributed by atoms with Gasteiger partial charge in [-0.1, -0.05) is 0 Å². The lowest BCUT2D eigenvalue weighted by Crippen LogP contribution is -2.32. The van der Waals surface area contributed by atoms with Crippen molar-refractivity contribution >= 4 is 5.91 Å². The number of aromatic nitrogens is 3. The van der Waals surface area contributed by atoms with Crippen LogP contribution in [0.2, 0.25) is 0 Å². The molecule has 6 nitrogen and oxygen atoms in total. The third-order valence-electron chi connectivity index (χ3n) is 3.69. The Hall–Kier alpha value is -2.37. The van der Waals surface area contributed by atoms with Crippen molar-refractivity contribution in [2.24, 2.45) is 7.05 Å². The summed E-state index contributed by atoms with van der Waals surface area (Å²) in [4.78, 5) is 24.2. The molecule has 2 rings (SSSR count). The average Bonchev–Trinajstić information content (AvgIpc) is 2.73. The van der Waals surface area contributed by atoms with Crippen molar-refractivity contribution in [3.63, 3.8) is 0 Å². The molecule has 0 spiro atoms. The fourth-order valence-electron chi connectivity index (χ4n) is 2.44. The van der Waals surface area contributed by atoms with Crippen LogP contribution >= 0.6 is 0 Å². The summed E-state index contributed by atoms with van der Waals surface area (Å²) >= 11 is 0. The average molecular weight is 288 g/mol. The van der Waals surface area contributed by atoms with Crippen LogP contribution in [0, 0.1) is 20.8 Å². The molecule has 0 aliphatic rings. The summed E-state index contributed by atoms with van der Waals surface area (Å²) in [5, 5.41) is 9.87. The standard InChI is InChI=1S/C15H20N4O2/c1-8-6-13(20)12(7-19(8)5)15(21)16-9(2)14-10(3)17-18-11(14)4/h6-7,9H,1-5H3,(H,16,21)(H,17,18)/t9-/m1/s1. The summed E-state index contributed by atoms with van der Waals surface area (Å²) in [6.07, 6.45) is 1.56. The van der Waals surface area contributed by atoms with Crippen molar-refractivity contribution in [2.45, 2.75) is 33.7 Å². The molecule has 0 aromatic carbocycles. The fraction of sp³-hybridized carbons (Fsp3) is 0.400. The summed E-state index contributed by atoms with van der Waals surface area (Å²) < 4.78 is 1.76. The molecule has 0 fully saturated rings. The first kappa shape index (κ1) is 15.0. The molecule has 6 heteroatoms. The summed E-state index contributed by atoms with van der Waals surface area (Å²) in [7, 11) is 1.80. The Labute approximate surface area is 123 Å². The number of nitrogens with zero attached hydrogens (tertiary/aromatic N) is 2. The van der Waals surface area contributed by atoms with Gasteiger partial charge in [0.1, 0.15) is 5.56 Å².